The van der Waals surface area contributed by atoms with Crippen LogP contribution < -0.4 is 4.90 Å². The van der Waals surface area contributed by atoms with Gasteiger partial charge in [0, 0.05) is 30.8 Å². The molecule has 0 aromatic heterocycles. The monoisotopic (exact) mass is 279 g/mol. The minimum atomic E-state index is -0.0407. The van der Waals surface area contributed by atoms with Gasteiger partial charge in [-0.2, -0.15) is 0 Å². The molecule has 0 radical (unpaired) electrons. The second kappa shape index (κ2) is 5.75. The van der Waals surface area contributed by atoms with Crippen LogP contribution in [-0.2, 0) is 16.2 Å². The molecular formula is C14H17NO3S. The Kier molecular flexibility index (Phi) is 4.27. The third kappa shape index (κ3) is 3.16. The Balaban J connectivity index is 2.22. The van der Waals surface area contributed by atoms with Gasteiger partial charge in [-0.05, 0) is 24.1 Å². The standard InChI is InChI=1S/C14H17NO3S/c1-9-3-4-11(8-16)5-13(9)15-7-12(6-14(15)18)19-10(2)17/h3-5,12,16H,6-8H2,1-2H3. The van der Waals surface area contributed by atoms with E-state index in [0.717, 1.165) is 16.8 Å². The molecule has 1 heterocycles. The molecule has 0 aliphatic carbocycles. The van der Waals surface area contributed by atoms with Crippen molar-refractivity contribution in [2.75, 3.05) is 11.4 Å². The zero-order valence-electron chi connectivity index (χ0n) is 11.0. The maximum absolute atomic E-state index is 12.1. The number of carbonyl (C=O) groups is 2. The van der Waals surface area contributed by atoms with Crippen LogP contribution in [0.2, 0.25) is 0 Å². The largest absolute Gasteiger partial charge is 0.392 e. The highest BCUT2D eigenvalue weighted by molar-refractivity contribution is 8.14. The number of benzene rings is 1. The van der Waals surface area contributed by atoms with Crippen molar-refractivity contribution in [3.63, 3.8) is 0 Å². The van der Waals surface area contributed by atoms with Crippen LogP contribution in [0.4, 0.5) is 5.69 Å². The molecule has 1 aliphatic heterocycles. The second-order valence-corrected chi connectivity index (χ2v) is 6.20. The molecule has 102 valence electrons. The van der Waals surface area contributed by atoms with E-state index in [1.54, 1.807) is 4.90 Å². The molecule has 1 aromatic rings. The average molecular weight is 279 g/mol. The molecule has 2 rings (SSSR count). The summed E-state index contributed by atoms with van der Waals surface area (Å²) in [6.07, 6.45) is 0.396. The summed E-state index contributed by atoms with van der Waals surface area (Å²) in [4.78, 5) is 24.9. The fourth-order valence-corrected chi connectivity index (χ4v) is 3.18. The van der Waals surface area contributed by atoms with E-state index >= 15 is 0 Å². The lowest BCUT2D eigenvalue weighted by Gasteiger charge is -2.19. The van der Waals surface area contributed by atoms with Gasteiger partial charge in [0.1, 0.15) is 0 Å². The molecule has 1 aliphatic rings. The van der Waals surface area contributed by atoms with Gasteiger partial charge in [-0.15, -0.1) is 0 Å². The van der Waals surface area contributed by atoms with Crippen molar-refractivity contribution in [3.05, 3.63) is 29.3 Å². The first-order valence-electron chi connectivity index (χ1n) is 6.19. The van der Waals surface area contributed by atoms with Gasteiger partial charge in [0.15, 0.2) is 5.12 Å². The number of hydrogen-bond donors (Lipinski definition) is 1. The van der Waals surface area contributed by atoms with Gasteiger partial charge in [0.25, 0.3) is 0 Å². The molecule has 1 saturated heterocycles. The predicted molar refractivity (Wildman–Crippen MR) is 76.1 cm³/mol. The van der Waals surface area contributed by atoms with Crippen LogP contribution in [0.25, 0.3) is 0 Å². The summed E-state index contributed by atoms with van der Waals surface area (Å²) in [5, 5.41) is 9.25. The zero-order chi connectivity index (χ0) is 14.0. The highest BCUT2D eigenvalue weighted by Crippen LogP contribution is 2.31. The highest BCUT2D eigenvalue weighted by atomic mass is 32.2. The number of aryl methyl sites for hydroxylation is 1. The molecule has 0 spiro atoms. The van der Waals surface area contributed by atoms with Gasteiger partial charge in [-0.25, -0.2) is 0 Å². The van der Waals surface area contributed by atoms with Crippen molar-refractivity contribution in [3.8, 4) is 0 Å². The summed E-state index contributed by atoms with van der Waals surface area (Å²) >= 11 is 1.23. The average Bonchev–Trinajstić information content (AvgIpc) is 2.70. The van der Waals surface area contributed by atoms with Gasteiger partial charge in [-0.1, -0.05) is 23.9 Å². The molecule has 0 saturated carbocycles. The number of carbonyl (C=O) groups excluding carboxylic acids is 2. The lowest BCUT2D eigenvalue weighted by Crippen LogP contribution is -2.25. The van der Waals surface area contributed by atoms with Crippen molar-refractivity contribution in [1.29, 1.82) is 0 Å². The fraction of sp³-hybridized carbons (Fsp3) is 0.429. The van der Waals surface area contributed by atoms with E-state index in [-0.39, 0.29) is 22.9 Å². The molecular weight excluding hydrogens is 262 g/mol. The minimum absolute atomic E-state index is 0.0298. The normalized spacial score (nSPS) is 19.0. The lowest BCUT2D eigenvalue weighted by molar-refractivity contribution is -0.117. The SMILES string of the molecule is CC(=O)SC1CC(=O)N(c2cc(CO)ccc2C)C1. The molecule has 1 aromatic carbocycles. The summed E-state index contributed by atoms with van der Waals surface area (Å²) in [5.41, 5.74) is 2.62. The predicted octanol–water partition coefficient (Wildman–Crippen LogP) is 1.87. The molecule has 4 nitrogen and oxygen atoms in total. The molecule has 5 heteroatoms. The van der Waals surface area contributed by atoms with Crippen LogP contribution in [0.15, 0.2) is 18.2 Å². The quantitative estimate of drug-likeness (QED) is 0.917. The Bertz CT molecular complexity index is 515. The maximum Gasteiger partial charge on any atom is 0.228 e. The number of anilines is 1. The molecule has 1 atom stereocenters. The maximum atomic E-state index is 12.1. The number of nitrogens with zero attached hydrogens (tertiary/aromatic N) is 1. The Hall–Kier alpha value is -1.33. The third-order valence-electron chi connectivity index (χ3n) is 3.17. The van der Waals surface area contributed by atoms with Gasteiger partial charge >= 0.3 is 0 Å². The lowest BCUT2D eigenvalue weighted by atomic mass is 10.1. The Morgan fingerprint density at radius 3 is 2.89 bits per heavy atom. The summed E-state index contributed by atoms with van der Waals surface area (Å²) in [5.74, 6) is 0.0388. The topological polar surface area (TPSA) is 57.6 Å². The summed E-state index contributed by atoms with van der Waals surface area (Å²) in [7, 11) is 0. The smallest absolute Gasteiger partial charge is 0.228 e. The van der Waals surface area contributed by atoms with Gasteiger partial charge in [0.2, 0.25) is 5.91 Å². The van der Waals surface area contributed by atoms with Crippen molar-refractivity contribution in [2.45, 2.75) is 32.1 Å². The Labute approximate surface area is 116 Å². The van der Waals surface area contributed by atoms with Crippen LogP contribution in [0, 0.1) is 6.92 Å². The van der Waals surface area contributed by atoms with E-state index in [2.05, 4.69) is 0 Å². The van der Waals surface area contributed by atoms with Crippen LogP contribution in [-0.4, -0.2) is 27.9 Å². The summed E-state index contributed by atoms with van der Waals surface area (Å²) in [6.45, 7) is 3.98. The van der Waals surface area contributed by atoms with Crippen LogP contribution in [0.3, 0.4) is 0 Å². The number of rotatable bonds is 3. The van der Waals surface area contributed by atoms with E-state index < -0.39 is 0 Å². The van der Waals surface area contributed by atoms with Gasteiger partial charge < -0.3 is 10.0 Å². The highest BCUT2D eigenvalue weighted by Gasteiger charge is 2.32. The van der Waals surface area contributed by atoms with E-state index in [0.29, 0.717) is 13.0 Å². The molecule has 0 bridgehead atoms. The van der Waals surface area contributed by atoms with Crippen LogP contribution in [0.5, 0.6) is 0 Å². The van der Waals surface area contributed by atoms with Crippen molar-refractivity contribution < 1.29 is 14.7 Å². The van der Waals surface area contributed by atoms with Gasteiger partial charge in [-0.3, -0.25) is 9.59 Å². The van der Waals surface area contributed by atoms with Gasteiger partial charge in [0.05, 0.1) is 6.61 Å². The van der Waals surface area contributed by atoms with E-state index in [1.165, 1.54) is 18.7 Å². The Morgan fingerprint density at radius 1 is 1.53 bits per heavy atom. The van der Waals surface area contributed by atoms with Crippen LogP contribution >= 0.6 is 11.8 Å². The zero-order valence-corrected chi connectivity index (χ0v) is 11.9. The molecule has 1 amide bonds. The molecule has 1 fully saturated rings. The number of hydrogen-bond acceptors (Lipinski definition) is 4. The molecule has 1 unspecified atom stereocenters. The number of aliphatic hydroxyl groups excluding tert-OH is 1. The summed E-state index contributed by atoms with van der Waals surface area (Å²) < 4.78 is 0. The first kappa shape index (κ1) is 14.1. The summed E-state index contributed by atoms with van der Waals surface area (Å²) in [6, 6.07) is 5.59. The second-order valence-electron chi connectivity index (χ2n) is 4.72. The van der Waals surface area contributed by atoms with E-state index in [4.69, 9.17) is 0 Å². The molecule has 1 N–H and O–H groups in total. The van der Waals surface area contributed by atoms with Crippen molar-refractivity contribution in [2.24, 2.45) is 0 Å². The Morgan fingerprint density at radius 2 is 2.26 bits per heavy atom. The van der Waals surface area contributed by atoms with E-state index in [1.807, 2.05) is 25.1 Å². The third-order valence-corrected chi connectivity index (χ3v) is 4.15. The number of aliphatic hydroxyl groups is 1. The first-order valence-corrected chi connectivity index (χ1v) is 7.07. The van der Waals surface area contributed by atoms with E-state index in [9.17, 15) is 14.7 Å². The first-order chi connectivity index (χ1) is 9.01. The van der Waals surface area contributed by atoms with Crippen molar-refractivity contribution in [1.82, 2.24) is 0 Å². The van der Waals surface area contributed by atoms with Crippen molar-refractivity contribution >= 4 is 28.5 Å². The number of thioether (sulfide) groups is 1. The fourth-order valence-electron chi connectivity index (χ4n) is 2.27. The number of amides is 1. The molecule has 19 heavy (non-hydrogen) atoms. The minimum Gasteiger partial charge on any atom is -0.392 e. The van der Waals surface area contributed by atoms with Crippen LogP contribution in [0.1, 0.15) is 24.5 Å².